The minimum absolute atomic E-state index is 0.109. The van der Waals surface area contributed by atoms with Gasteiger partial charge in [0, 0.05) is 17.8 Å². The molecule has 0 amide bonds. The second-order valence-electron chi connectivity index (χ2n) is 3.96. The molecule has 0 aliphatic carbocycles. The molecule has 0 bridgehead atoms. The van der Waals surface area contributed by atoms with E-state index in [2.05, 4.69) is 11.4 Å². The molecule has 1 N–H and O–H groups in total. The second kappa shape index (κ2) is 4.59. The van der Waals surface area contributed by atoms with Crippen molar-refractivity contribution in [1.29, 1.82) is 5.26 Å². The third-order valence-electron chi connectivity index (χ3n) is 2.85. The topological polar surface area (TPSA) is 35.8 Å². The van der Waals surface area contributed by atoms with Crippen molar-refractivity contribution in [3.05, 3.63) is 40.5 Å². The average Bonchev–Trinajstić information content (AvgIpc) is 2.81. The maximum atomic E-state index is 8.85. The summed E-state index contributed by atoms with van der Waals surface area (Å²) in [5, 5.41) is 12.8. The summed E-state index contributed by atoms with van der Waals surface area (Å²) in [7, 11) is 0. The van der Waals surface area contributed by atoms with Gasteiger partial charge in [0.1, 0.15) is 0 Å². The molecule has 16 heavy (non-hydrogen) atoms. The van der Waals surface area contributed by atoms with Crippen molar-refractivity contribution in [2.45, 2.75) is 19.3 Å². The van der Waals surface area contributed by atoms with Crippen molar-refractivity contribution in [1.82, 2.24) is 5.32 Å². The number of nitrogens with zero attached hydrogens (tertiary/aromatic N) is 1. The largest absolute Gasteiger partial charge is 0.390 e. The molecule has 0 saturated heterocycles. The minimum atomic E-state index is -0.109. The average molecular weight is 233 g/mol. The summed E-state index contributed by atoms with van der Waals surface area (Å²) in [5.41, 5.74) is 3.28. The van der Waals surface area contributed by atoms with Gasteiger partial charge in [-0.15, -0.1) is 0 Å². The van der Waals surface area contributed by atoms with Crippen LogP contribution in [0.3, 0.4) is 0 Å². The predicted molar refractivity (Wildman–Crippen MR) is 66.1 cm³/mol. The highest BCUT2D eigenvalue weighted by molar-refractivity contribution is 6.32. The van der Waals surface area contributed by atoms with Gasteiger partial charge in [-0.1, -0.05) is 23.7 Å². The Hall–Kier alpha value is -1.46. The van der Waals surface area contributed by atoms with Crippen molar-refractivity contribution in [3.8, 4) is 6.07 Å². The summed E-state index contributed by atoms with van der Waals surface area (Å²) in [5.74, 6) is -0.109. The van der Waals surface area contributed by atoms with Gasteiger partial charge < -0.3 is 5.32 Å². The lowest BCUT2D eigenvalue weighted by Gasteiger charge is -2.08. The molecule has 1 aliphatic heterocycles. The summed E-state index contributed by atoms with van der Waals surface area (Å²) in [6, 6.07) is 8.09. The number of benzene rings is 1. The van der Waals surface area contributed by atoms with Gasteiger partial charge in [0.15, 0.2) is 0 Å². The zero-order chi connectivity index (χ0) is 11.5. The molecule has 1 atom stereocenters. The van der Waals surface area contributed by atoms with E-state index >= 15 is 0 Å². The van der Waals surface area contributed by atoms with Gasteiger partial charge in [-0.05, 0) is 36.1 Å². The van der Waals surface area contributed by atoms with E-state index in [9.17, 15) is 0 Å². The van der Waals surface area contributed by atoms with Crippen molar-refractivity contribution in [3.63, 3.8) is 0 Å². The van der Waals surface area contributed by atoms with Crippen LogP contribution in [0.1, 0.15) is 30.4 Å². The Morgan fingerprint density at radius 3 is 2.88 bits per heavy atom. The number of rotatable bonds is 2. The van der Waals surface area contributed by atoms with Crippen molar-refractivity contribution in [2.75, 3.05) is 6.54 Å². The lowest BCUT2D eigenvalue weighted by Crippen LogP contribution is -1.96. The monoisotopic (exact) mass is 232 g/mol. The van der Waals surface area contributed by atoms with Crippen LogP contribution in [-0.4, -0.2) is 6.54 Å². The highest BCUT2D eigenvalue weighted by Crippen LogP contribution is 2.30. The third-order valence-corrected chi connectivity index (χ3v) is 3.16. The Labute approximate surface area is 101 Å². The first-order valence-electron chi connectivity index (χ1n) is 5.34. The lowest BCUT2D eigenvalue weighted by molar-refractivity contribution is 0.919. The van der Waals surface area contributed by atoms with Crippen molar-refractivity contribution < 1.29 is 0 Å². The van der Waals surface area contributed by atoms with E-state index in [1.165, 1.54) is 5.57 Å². The number of nitrogens with one attached hydrogen (secondary N) is 1. The molecular formula is C13H13ClN2. The smallest absolute Gasteiger partial charge is 0.0700 e. The quantitative estimate of drug-likeness (QED) is 0.849. The zero-order valence-corrected chi connectivity index (χ0v) is 9.88. The van der Waals surface area contributed by atoms with E-state index < -0.39 is 0 Å². The zero-order valence-electron chi connectivity index (χ0n) is 9.13. The molecule has 3 heteroatoms. The molecule has 82 valence electrons. The fourth-order valence-corrected chi connectivity index (χ4v) is 2.13. The molecule has 1 aliphatic rings. The van der Waals surface area contributed by atoms with Crippen LogP contribution in [0.4, 0.5) is 0 Å². The van der Waals surface area contributed by atoms with Crippen LogP contribution in [-0.2, 0) is 0 Å². The van der Waals surface area contributed by atoms with Crippen molar-refractivity contribution >= 4 is 17.2 Å². The fourth-order valence-electron chi connectivity index (χ4n) is 1.82. The molecule has 1 unspecified atom stereocenters. The first kappa shape index (κ1) is 11.0. The highest BCUT2D eigenvalue weighted by atomic mass is 35.5. The Morgan fingerprint density at radius 1 is 1.50 bits per heavy atom. The van der Waals surface area contributed by atoms with E-state index in [1.807, 2.05) is 31.3 Å². The van der Waals surface area contributed by atoms with Crippen LogP contribution in [0.25, 0.3) is 5.57 Å². The van der Waals surface area contributed by atoms with Gasteiger partial charge in [0.05, 0.1) is 12.0 Å². The summed E-state index contributed by atoms with van der Waals surface area (Å²) in [6.45, 7) is 2.85. The number of hydrogen-bond donors (Lipinski definition) is 1. The van der Waals surface area contributed by atoms with E-state index in [-0.39, 0.29) is 5.92 Å². The second-order valence-corrected chi connectivity index (χ2v) is 4.37. The SMILES string of the molecule is CC(C#N)c1ccc(C2=CNCC2)c(Cl)c1. The standard InChI is InChI=1S/C13H13ClN2/c1-9(7-15)10-2-3-12(13(14)6-10)11-4-5-16-8-11/h2-3,6,8-9,16H,4-5H2,1H3. The molecule has 0 fully saturated rings. The number of hydrogen-bond acceptors (Lipinski definition) is 2. The van der Waals surface area contributed by atoms with E-state index in [0.29, 0.717) is 0 Å². The molecule has 1 aromatic rings. The van der Waals surface area contributed by atoms with Gasteiger partial charge in [0.2, 0.25) is 0 Å². The summed E-state index contributed by atoms with van der Waals surface area (Å²) in [4.78, 5) is 0. The summed E-state index contributed by atoms with van der Waals surface area (Å²) < 4.78 is 0. The molecule has 0 spiro atoms. The molecule has 0 aromatic heterocycles. The minimum Gasteiger partial charge on any atom is -0.390 e. The summed E-state index contributed by atoms with van der Waals surface area (Å²) in [6.07, 6.45) is 3.02. The fraction of sp³-hybridized carbons (Fsp3) is 0.308. The van der Waals surface area contributed by atoms with Gasteiger partial charge in [-0.2, -0.15) is 5.26 Å². The number of nitriles is 1. The Kier molecular flexibility index (Phi) is 3.17. The normalized spacial score (nSPS) is 16.2. The lowest BCUT2D eigenvalue weighted by atomic mass is 9.98. The maximum absolute atomic E-state index is 8.85. The molecule has 1 aromatic carbocycles. The van der Waals surface area contributed by atoms with Crippen LogP contribution in [0.15, 0.2) is 24.4 Å². The van der Waals surface area contributed by atoms with Crippen LogP contribution >= 0.6 is 11.6 Å². The molecule has 0 radical (unpaired) electrons. The van der Waals surface area contributed by atoms with Crippen LogP contribution in [0.2, 0.25) is 5.02 Å². The van der Waals surface area contributed by atoms with Crippen LogP contribution in [0, 0.1) is 11.3 Å². The predicted octanol–water partition coefficient (Wildman–Crippen LogP) is 3.30. The van der Waals surface area contributed by atoms with Gasteiger partial charge in [-0.3, -0.25) is 0 Å². The molecule has 2 nitrogen and oxygen atoms in total. The highest BCUT2D eigenvalue weighted by Gasteiger charge is 2.12. The van der Waals surface area contributed by atoms with Gasteiger partial charge in [0.25, 0.3) is 0 Å². The Bertz CT molecular complexity index is 471. The van der Waals surface area contributed by atoms with Gasteiger partial charge in [-0.25, -0.2) is 0 Å². The first-order chi connectivity index (χ1) is 7.72. The third kappa shape index (κ3) is 2.05. The Morgan fingerprint density at radius 2 is 2.31 bits per heavy atom. The number of halogens is 1. The molecule has 0 saturated carbocycles. The van der Waals surface area contributed by atoms with E-state index in [0.717, 1.165) is 29.1 Å². The van der Waals surface area contributed by atoms with Crippen LogP contribution < -0.4 is 5.32 Å². The summed E-state index contributed by atoms with van der Waals surface area (Å²) >= 11 is 6.23. The van der Waals surface area contributed by atoms with Gasteiger partial charge >= 0.3 is 0 Å². The Balaban J connectivity index is 2.34. The first-order valence-corrected chi connectivity index (χ1v) is 5.72. The molecule has 1 heterocycles. The van der Waals surface area contributed by atoms with Crippen LogP contribution in [0.5, 0.6) is 0 Å². The molecule has 2 rings (SSSR count). The maximum Gasteiger partial charge on any atom is 0.0700 e. The van der Waals surface area contributed by atoms with E-state index in [4.69, 9.17) is 16.9 Å². The van der Waals surface area contributed by atoms with Crippen molar-refractivity contribution in [2.24, 2.45) is 0 Å². The van der Waals surface area contributed by atoms with E-state index in [1.54, 1.807) is 0 Å². The molecular weight excluding hydrogens is 220 g/mol.